The summed E-state index contributed by atoms with van der Waals surface area (Å²) in [4.78, 5) is 0.237. The Balaban J connectivity index is 1.99. The Hall–Kier alpha value is -1.38. The largest absolute Gasteiger partial charge is 0.486 e. The number of thiocarbonyl (C=S) groups is 1. The second kappa shape index (κ2) is 5.72. The first-order valence-electron chi connectivity index (χ1n) is 5.76. The molecule has 8 heteroatoms. The highest BCUT2D eigenvalue weighted by atomic mass is 32.2. The number of benzene rings is 1. The molecule has 1 saturated carbocycles. The van der Waals surface area contributed by atoms with Crippen molar-refractivity contribution < 1.29 is 13.2 Å². The maximum atomic E-state index is 11.7. The van der Waals surface area contributed by atoms with Gasteiger partial charge in [0.2, 0.25) is 0 Å². The molecule has 0 heterocycles. The molecule has 0 unspecified atom stereocenters. The van der Waals surface area contributed by atoms with Gasteiger partial charge in [0.25, 0.3) is 10.2 Å². The third-order valence-corrected chi connectivity index (χ3v) is 3.63. The van der Waals surface area contributed by atoms with Gasteiger partial charge in [-0.05, 0) is 25.0 Å². The van der Waals surface area contributed by atoms with E-state index in [0.29, 0.717) is 11.4 Å². The number of rotatable bonds is 7. The van der Waals surface area contributed by atoms with Crippen LogP contribution in [0.2, 0.25) is 0 Å². The van der Waals surface area contributed by atoms with Crippen LogP contribution in [0, 0.1) is 0 Å². The average Bonchev–Trinajstić information content (AvgIpc) is 3.09. The summed E-state index contributed by atoms with van der Waals surface area (Å²) in [6.45, 7) is 0.117. The lowest BCUT2D eigenvalue weighted by Gasteiger charge is -2.10. The first-order valence-corrected chi connectivity index (χ1v) is 7.65. The Morgan fingerprint density at radius 3 is 2.84 bits per heavy atom. The maximum absolute atomic E-state index is 11.7. The molecule has 0 spiro atoms. The van der Waals surface area contributed by atoms with Gasteiger partial charge in [0.05, 0.1) is 5.69 Å². The molecule has 0 aromatic heterocycles. The van der Waals surface area contributed by atoms with Gasteiger partial charge < -0.3 is 10.5 Å². The van der Waals surface area contributed by atoms with E-state index < -0.39 is 10.2 Å². The molecule has 0 amide bonds. The van der Waals surface area contributed by atoms with Gasteiger partial charge >= 0.3 is 0 Å². The molecule has 0 bridgehead atoms. The zero-order chi connectivity index (χ0) is 13.9. The second-order valence-electron chi connectivity index (χ2n) is 4.28. The van der Waals surface area contributed by atoms with E-state index in [1.165, 1.54) is 0 Å². The molecule has 1 aromatic carbocycles. The van der Waals surface area contributed by atoms with Crippen molar-refractivity contribution in [3.63, 3.8) is 0 Å². The molecule has 1 aliphatic rings. The van der Waals surface area contributed by atoms with E-state index >= 15 is 0 Å². The van der Waals surface area contributed by atoms with E-state index in [1.54, 1.807) is 24.3 Å². The molecule has 6 nitrogen and oxygen atoms in total. The first kappa shape index (κ1) is 14.0. The predicted octanol–water partition coefficient (Wildman–Crippen LogP) is 0.760. The summed E-state index contributed by atoms with van der Waals surface area (Å²) in [5.74, 6) is 0.499. The molecular formula is C11H15N3O3S2. The molecule has 0 atom stereocenters. The fourth-order valence-electron chi connectivity index (χ4n) is 1.41. The summed E-state index contributed by atoms with van der Waals surface area (Å²) in [5, 5.41) is 0. The van der Waals surface area contributed by atoms with Crippen LogP contribution in [0.1, 0.15) is 12.8 Å². The molecule has 0 saturated heterocycles. The number of hydrogen-bond acceptors (Lipinski definition) is 4. The van der Waals surface area contributed by atoms with Gasteiger partial charge in [-0.25, -0.2) is 0 Å². The molecule has 2 rings (SSSR count). The molecule has 4 N–H and O–H groups in total. The van der Waals surface area contributed by atoms with Gasteiger partial charge in [-0.3, -0.25) is 4.72 Å². The van der Waals surface area contributed by atoms with Crippen LogP contribution in [-0.4, -0.2) is 26.1 Å². The van der Waals surface area contributed by atoms with Crippen molar-refractivity contribution in [1.82, 2.24) is 4.72 Å². The second-order valence-corrected chi connectivity index (χ2v) is 6.25. The average molecular weight is 301 g/mol. The third kappa shape index (κ3) is 5.01. The molecule has 1 fully saturated rings. The first-order chi connectivity index (χ1) is 8.94. The molecule has 0 aliphatic heterocycles. The van der Waals surface area contributed by atoms with Crippen molar-refractivity contribution in [3.8, 4) is 5.75 Å². The fraction of sp³-hybridized carbons (Fsp3) is 0.364. The summed E-state index contributed by atoms with van der Waals surface area (Å²) in [6.07, 6.45) is 1.77. The summed E-state index contributed by atoms with van der Waals surface area (Å²) in [5.41, 5.74) is 5.75. The van der Waals surface area contributed by atoms with Crippen LogP contribution in [-0.2, 0) is 10.2 Å². The highest BCUT2D eigenvalue weighted by molar-refractivity contribution is 7.90. The molecule has 104 valence electrons. The lowest BCUT2D eigenvalue weighted by atomic mass is 10.3. The van der Waals surface area contributed by atoms with E-state index in [-0.39, 0.29) is 17.6 Å². The lowest BCUT2D eigenvalue weighted by Crippen LogP contribution is -2.31. The van der Waals surface area contributed by atoms with E-state index in [2.05, 4.69) is 9.44 Å². The standard InChI is InChI=1S/C11H15N3O3S2/c12-11(18)7-17-10-3-1-2-9(6-10)14-19(15,16)13-8-4-5-8/h1-3,6,8,13-14H,4-5,7H2,(H2,12,18). The van der Waals surface area contributed by atoms with Crippen molar-refractivity contribution in [2.24, 2.45) is 5.73 Å². The predicted molar refractivity (Wildman–Crippen MR) is 77.4 cm³/mol. The summed E-state index contributed by atoms with van der Waals surface area (Å²) >= 11 is 4.70. The SMILES string of the molecule is NC(=S)COc1cccc(NS(=O)(=O)NC2CC2)c1. The van der Waals surface area contributed by atoms with Crippen molar-refractivity contribution in [1.29, 1.82) is 0 Å². The topological polar surface area (TPSA) is 93.4 Å². The van der Waals surface area contributed by atoms with Gasteiger partial charge in [0, 0.05) is 12.1 Å². The maximum Gasteiger partial charge on any atom is 0.299 e. The van der Waals surface area contributed by atoms with Crippen LogP contribution in [0.15, 0.2) is 24.3 Å². The van der Waals surface area contributed by atoms with Crippen LogP contribution in [0.5, 0.6) is 5.75 Å². The third-order valence-electron chi connectivity index (χ3n) is 2.37. The molecule has 1 aliphatic carbocycles. The van der Waals surface area contributed by atoms with Gasteiger partial charge in [-0.15, -0.1) is 0 Å². The zero-order valence-corrected chi connectivity index (χ0v) is 11.8. The van der Waals surface area contributed by atoms with Crippen LogP contribution < -0.4 is 19.9 Å². The number of nitrogens with two attached hydrogens (primary N) is 1. The number of ether oxygens (including phenoxy) is 1. The molecule has 0 radical (unpaired) electrons. The van der Waals surface area contributed by atoms with Crippen molar-refractivity contribution in [3.05, 3.63) is 24.3 Å². The Morgan fingerprint density at radius 1 is 1.47 bits per heavy atom. The van der Waals surface area contributed by atoms with Crippen molar-refractivity contribution >= 4 is 33.1 Å². The van der Waals surface area contributed by atoms with E-state index in [0.717, 1.165) is 12.8 Å². The van der Waals surface area contributed by atoms with Crippen LogP contribution in [0.3, 0.4) is 0 Å². The highest BCUT2D eigenvalue weighted by Gasteiger charge is 2.26. The minimum atomic E-state index is -3.53. The molecule has 19 heavy (non-hydrogen) atoms. The van der Waals surface area contributed by atoms with E-state index in [4.69, 9.17) is 22.7 Å². The minimum absolute atomic E-state index is 0.0616. The van der Waals surface area contributed by atoms with Crippen LogP contribution in [0.25, 0.3) is 0 Å². The van der Waals surface area contributed by atoms with Gasteiger partial charge in [0.15, 0.2) is 0 Å². The Bertz CT molecular complexity index is 570. The van der Waals surface area contributed by atoms with Gasteiger partial charge in [0.1, 0.15) is 17.3 Å². The highest BCUT2D eigenvalue weighted by Crippen LogP contribution is 2.21. The lowest BCUT2D eigenvalue weighted by molar-refractivity contribution is 0.378. The number of anilines is 1. The van der Waals surface area contributed by atoms with Gasteiger partial charge in [-0.1, -0.05) is 18.3 Å². The minimum Gasteiger partial charge on any atom is -0.486 e. The number of nitrogens with one attached hydrogen (secondary N) is 2. The fourth-order valence-corrected chi connectivity index (χ4v) is 2.64. The molecular weight excluding hydrogens is 286 g/mol. The quantitative estimate of drug-likeness (QED) is 0.647. The number of hydrogen-bond donors (Lipinski definition) is 3. The Morgan fingerprint density at radius 2 is 2.21 bits per heavy atom. The van der Waals surface area contributed by atoms with Crippen molar-refractivity contribution in [2.75, 3.05) is 11.3 Å². The summed E-state index contributed by atoms with van der Waals surface area (Å²) in [7, 11) is -3.53. The van der Waals surface area contributed by atoms with E-state index in [9.17, 15) is 8.42 Å². The van der Waals surface area contributed by atoms with Crippen LogP contribution >= 0.6 is 12.2 Å². The summed E-state index contributed by atoms with van der Waals surface area (Å²) in [6, 6.07) is 6.66. The van der Waals surface area contributed by atoms with Crippen LogP contribution in [0.4, 0.5) is 5.69 Å². The smallest absolute Gasteiger partial charge is 0.299 e. The molecule has 1 aromatic rings. The Labute approximate surface area is 117 Å². The van der Waals surface area contributed by atoms with Crippen molar-refractivity contribution in [2.45, 2.75) is 18.9 Å². The normalized spacial score (nSPS) is 14.9. The monoisotopic (exact) mass is 301 g/mol. The van der Waals surface area contributed by atoms with Gasteiger partial charge in [-0.2, -0.15) is 13.1 Å². The Kier molecular flexibility index (Phi) is 4.23. The zero-order valence-electron chi connectivity index (χ0n) is 10.1. The summed E-state index contributed by atoms with van der Waals surface area (Å²) < 4.78 is 33.7. The van der Waals surface area contributed by atoms with E-state index in [1.807, 2.05) is 0 Å².